The Labute approximate surface area is 614 Å². The number of hydrogen-bond donors (Lipinski definition) is 2. The molecule has 514 valence electrons. The summed E-state index contributed by atoms with van der Waals surface area (Å²) in [5.74, 6) is -6.01. The zero-order valence-corrected chi connectivity index (χ0v) is 61.2. The molecule has 0 radical (unpaired) electrons. The predicted octanol–water partition coefficient (Wildman–Crippen LogP) is -2.19. The molecule has 2 saturated heterocycles. The molecule has 4 aliphatic heterocycles. The molecule has 0 amide bonds. The van der Waals surface area contributed by atoms with Gasteiger partial charge in [-0.2, -0.15) is 0 Å². The van der Waals surface area contributed by atoms with Gasteiger partial charge in [-0.3, -0.25) is 33.6 Å². The van der Waals surface area contributed by atoms with E-state index in [0.717, 1.165) is 98.6 Å². The molecule has 4 aliphatic rings. The van der Waals surface area contributed by atoms with Crippen molar-refractivity contribution in [2.24, 2.45) is 21.1 Å². The van der Waals surface area contributed by atoms with Crippen LogP contribution >= 0.6 is 0 Å². The van der Waals surface area contributed by atoms with Crippen LogP contribution in [0.1, 0.15) is 71.2 Å². The number of carbonyl (C=O) groups is 7. The third-order valence-electron chi connectivity index (χ3n) is 15.8. The number of hydrogen-bond acceptors (Lipinski definition) is 20. The number of rotatable bonds is 17. The van der Waals surface area contributed by atoms with Crippen molar-refractivity contribution in [2.75, 3.05) is 13.2 Å². The SMILES string of the molecule is CC(=O)OC[C@H]1O[C@@H](O[C@H]2[C@H](OC(C)=O)[C@@H](OC(C)=O)[C@H](Oc3ccccc3-c3c4nc(c(-c5cc[n+](C)cc5)c5ccc([nH]5)c(-c5cc[n+](C)cc5)c5nc(c(-c6cc[n+](C)cc6)c6ccc3[nH]6)C=C5)C=C4)O[C@@H]2COC(C)=O)[C@H](OC(C)=O)[C@@H](OC(C)=O)[C@H]1OC(C)=O.[I-].[I-].[I-]. The summed E-state index contributed by atoms with van der Waals surface area (Å²) in [6.45, 7) is 6.32. The first-order valence-electron chi connectivity index (χ1n) is 30.4. The fraction of sp³-hybridized carbons (Fsp3) is 0.314. The summed E-state index contributed by atoms with van der Waals surface area (Å²) in [6.07, 6.45) is 2.72. The number of pyridine rings is 3. The summed E-state index contributed by atoms with van der Waals surface area (Å²) in [5, 5.41) is 0. The topological polar surface area (TPSA) is 290 Å². The van der Waals surface area contributed by atoms with Crippen LogP contribution in [0.15, 0.2) is 122 Å². The summed E-state index contributed by atoms with van der Waals surface area (Å²) < 4.78 is 72.5. The molecule has 10 atom stereocenters. The fourth-order valence-electron chi connectivity index (χ4n) is 11.9. The second-order valence-electron chi connectivity index (χ2n) is 23.0. The van der Waals surface area contributed by atoms with Gasteiger partial charge < -0.3 is 134 Å². The molecule has 0 aliphatic carbocycles. The molecule has 6 aromatic heterocycles. The van der Waals surface area contributed by atoms with E-state index in [1.807, 2.05) is 151 Å². The minimum atomic E-state index is -1.90. The first-order chi connectivity index (χ1) is 45.5. The Kier molecular flexibility index (Phi) is 25.2. The molecule has 7 aromatic rings. The number of benzene rings is 1. The number of ether oxygens (including phenoxy) is 11. The molecule has 0 spiro atoms. The van der Waals surface area contributed by atoms with E-state index in [0.29, 0.717) is 39.2 Å². The van der Waals surface area contributed by atoms with Crippen molar-refractivity contribution in [1.29, 1.82) is 0 Å². The van der Waals surface area contributed by atoms with E-state index in [-0.39, 0.29) is 77.7 Å². The van der Waals surface area contributed by atoms with Crippen molar-refractivity contribution >= 4 is 88.2 Å². The van der Waals surface area contributed by atoms with Gasteiger partial charge in [0.05, 0.1) is 22.8 Å². The highest BCUT2D eigenvalue weighted by Crippen LogP contribution is 2.43. The van der Waals surface area contributed by atoms with Gasteiger partial charge in [0.25, 0.3) is 0 Å². The van der Waals surface area contributed by atoms with Crippen LogP contribution in [0.2, 0.25) is 0 Å². The largest absolute Gasteiger partial charge is 1.00 e. The third kappa shape index (κ3) is 17.3. The molecule has 10 heterocycles. The van der Waals surface area contributed by atoms with E-state index in [1.165, 1.54) is 0 Å². The zero-order chi connectivity index (χ0) is 67.4. The van der Waals surface area contributed by atoms with Gasteiger partial charge in [-0.25, -0.2) is 23.7 Å². The van der Waals surface area contributed by atoms with E-state index >= 15 is 0 Å². The van der Waals surface area contributed by atoms with Gasteiger partial charge >= 0.3 is 41.8 Å². The van der Waals surface area contributed by atoms with E-state index in [4.69, 9.17) is 62.1 Å². The summed E-state index contributed by atoms with van der Waals surface area (Å²) in [4.78, 5) is 109. The zero-order valence-electron chi connectivity index (χ0n) is 54.8. The lowest BCUT2D eigenvalue weighted by Gasteiger charge is -2.48. The van der Waals surface area contributed by atoms with Gasteiger partial charge in [0.2, 0.25) is 12.4 Å². The van der Waals surface area contributed by atoms with Crippen LogP contribution in [-0.4, -0.2) is 136 Å². The third-order valence-corrected chi connectivity index (χ3v) is 15.8. The number of H-pyrrole nitrogens is 2. The molecule has 8 bridgehead atoms. The van der Waals surface area contributed by atoms with E-state index in [2.05, 4.69) is 22.1 Å². The summed E-state index contributed by atoms with van der Waals surface area (Å²) >= 11 is 0. The number of halogens is 3. The molecule has 0 unspecified atom stereocenters. The van der Waals surface area contributed by atoms with Gasteiger partial charge in [0.1, 0.15) is 58.4 Å². The number of para-hydroxylation sites is 1. The highest BCUT2D eigenvalue weighted by molar-refractivity contribution is 6.00. The molecule has 2 N–H and O–H groups in total. The van der Waals surface area contributed by atoms with E-state index in [1.54, 1.807) is 18.2 Å². The van der Waals surface area contributed by atoms with Gasteiger partial charge in [-0.15, -0.1) is 0 Å². The number of nitrogens with one attached hydrogen (secondary N) is 2. The molecule has 28 heteroatoms. The van der Waals surface area contributed by atoms with Crippen molar-refractivity contribution in [2.45, 2.75) is 110 Å². The Morgan fingerprint density at radius 3 is 1.12 bits per heavy atom. The summed E-state index contributed by atoms with van der Waals surface area (Å²) in [6, 6.07) is 27.1. The highest BCUT2D eigenvalue weighted by atomic mass is 127. The minimum Gasteiger partial charge on any atom is -1.00 e. The molecular formula is C70H70I3N7O18. The first-order valence-corrected chi connectivity index (χ1v) is 30.4. The van der Waals surface area contributed by atoms with Crippen molar-refractivity contribution in [3.05, 3.63) is 145 Å². The smallest absolute Gasteiger partial charge is 0.303 e. The van der Waals surface area contributed by atoms with Crippen LogP contribution in [0.25, 0.3) is 90.9 Å². The Morgan fingerprint density at radius 1 is 0.398 bits per heavy atom. The van der Waals surface area contributed by atoms with E-state index < -0.39 is 116 Å². The number of aryl methyl sites for hydroxylation is 3. The van der Waals surface area contributed by atoms with E-state index in [9.17, 15) is 33.6 Å². The van der Waals surface area contributed by atoms with Gasteiger partial charge in [0, 0.05) is 135 Å². The van der Waals surface area contributed by atoms with Crippen molar-refractivity contribution in [1.82, 2.24) is 19.9 Å². The van der Waals surface area contributed by atoms with Crippen LogP contribution in [0, 0.1) is 0 Å². The number of carbonyl (C=O) groups excluding carboxylic acids is 7. The van der Waals surface area contributed by atoms with Crippen LogP contribution in [0.4, 0.5) is 0 Å². The number of aromatic amines is 2. The molecule has 1 aromatic carbocycles. The summed E-state index contributed by atoms with van der Waals surface area (Å²) in [5.41, 5.74) is 11.4. The van der Waals surface area contributed by atoms with Crippen molar-refractivity contribution in [3.63, 3.8) is 0 Å². The Balaban J connectivity index is 0.00000408. The minimum absolute atomic E-state index is 0. The normalized spacial score (nSPS) is 20.6. The second kappa shape index (κ2) is 32.9. The number of esters is 7. The van der Waals surface area contributed by atoms with Crippen LogP contribution in [0.5, 0.6) is 5.75 Å². The number of aromatic nitrogens is 7. The Morgan fingerprint density at radius 2 is 0.724 bits per heavy atom. The van der Waals surface area contributed by atoms with Crippen LogP contribution in [0.3, 0.4) is 0 Å². The van der Waals surface area contributed by atoms with Gasteiger partial charge in [-0.05, 0) is 71.3 Å². The molecule has 11 rings (SSSR count). The molecule has 0 saturated carbocycles. The van der Waals surface area contributed by atoms with Gasteiger partial charge in [-0.1, -0.05) is 18.2 Å². The van der Waals surface area contributed by atoms with Crippen LogP contribution < -0.4 is 90.4 Å². The maximum absolute atomic E-state index is 13.5. The second-order valence-corrected chi connectivity index (χ2v) is 23.0. The lowest BCUT2D eigenvalue weighted by atomic mass is 9.95. The first kappa shape index (κ1) is 75.2. The Bertz CT molecular complexity index is 4350. The number of nitrogens with zero attached hydrogens (tertiary/aromatic N) is 5. The summed E-state index contributed by atoms with van der Waals surface area (Å²) in [7, 11) is 5.85. The average Bonchev–Trinajstić information content (AvgIpc) is 1.31. The fourth-order valence-corrected chi connectivity index (χ4v) is 11.9. The quantitative estimate of drug-likeness (QED) is 0.0424. The lowest BCUT2D eigenvalue weighted by molar-refractivity contribution is -0.671. The Hall–Kier alpha value is -8.57. The molecule has 25 nitrogen and oxygen atoms in total. The molecular weight excluding hydrogens is 1610 g/mol. The number of fused-ring (bicyclic) bond motifs is 8. The average molecular weight is 1680 g/mol. The van der Waals surface area contributed by atoms with Crippen molar-refractivity contribution in [3.8, 4) is 50.3 Å². The monoisotopic (exact) mass is 1680 g/mol. The maximum Gasteiger partial charge on any atom is 0.303 e. The highest BCUT2D eigenvalue weighted by Gasteiger charge is 2.58. The molecule has 2 fully saturated rings. The molecule has 98 heavy (non-hydrogen) atoms. The standard InChI is InChI=1S/C70H69N7O18.3HI/c1-37(78)85-35-57-63(87-39(3)80)65(88-40(4)81)68(91-43(7)84)70(94-57)95-64-58(36-86-38(2)79)93-69(67(90-42(6)83)66(64)89-41(5)82)92-56-14-12-11-13-47(56)62-54-21-19-52(73-54)60(45-25-31-76(9)32-26-45)50-17-15-48(71-50)59(44-23-29-75(8)30-24-44)49-16-18-51(72-49)61(53-20-22-55(62)74-53)46-27-33-77(10)34-28-46;;;/h11-34,57-58,63-70H,35-36H2,1-10H3,(H,71,72,73,74);3*1H/q+2;;;/p-2/t57-,58-,63+,64-,65+,66+,67-,68-,69-,70+;;;/m1.../s1. The van der Waals surface area contributed by atoms with Crippen LogP contribution in [-0.2, 0) is 102 Å². The lowest BCUT2D eigenvalue weighted by Crippen LogP contribution is -3.00. The van der Waals surface area contributed by atoms with Gasteiger partial charge in [0.15, 0.2) is 67.9 Å². The predicted molar refractivity (Wildman–Crippen MR) is 338 cm³/mol. The van der Waals surface area contributed by atoms with Crippen molar-refractivity contribution < 1.29 is 171 Å². The maximum atomic E-state index is 13.5.